The Morgan fingerprint density at radius 3 is 2.07 bits per heavy atom. The van der Waals surface area contributed by atoms with Crippen LogP contribution in [0.4, 0.5) is 0 Å². The van der Waals surface area contributed by atoms with Crippen molar-refractivity contribution in [3.8, 4) is 0 Å². The van der Waals surface area contributed by atoms with Gasteiger partial charge >= 0.3 is 0 Å². The van der Waals surface area contributed by atoms with E-state index in [4.69, 9.17) is 5.73 Å². The van der Waals surface area contributed by atoms with Crippen molar-refractivity contribution in [1.82, 2.24) is 21.5 Å². The molecule has 90 valence electrons. The van der Waals surface area contributed by atoms with E-state index in [1.165, 1.54) is 19.3 Å². The van der Waals surface area contributed by atoms with E-state index in [2.05, 4.69) is 21.5 Å². The van der Waals surface area contributed by atoms with E-state index in [0.717, 1.165) is 39.1 Å². The molecule has 5 heteroatoms. The van der Waals surface area contributed by atoms with Crippen molar-refractivity contribution in [3.63, 3.8) is 0 Å². The summed E-state index contributed by atoms with van der Waals surface area (Å²) in [6.45, 7) is 5.20. The van der Waals surface area contributed by atoms with Gasteiger partial charge in [-0.1, -0.05) is 0 Å². The molecule has 1 aliphatic rings. The van der Waals surface area contributed by atoms with E-state index in [0.29, 0.717) is 6.17 Å². The highest BCUT2D eigenvalue weighted by Crippen LogP contribution is 1.93. The predicted octanol–water partition coefficient (Wildman–Crippen LogP) is -0.881. The Kier molecular flexibility index (Phi) is 7.77. The summed E-state index contributed by atoms with van der Waals surface area (Å²) in [7, 11) is 0. The SMILES string of the molecule is NCCCNCCCCNCCC1NN1. The lowest BCUT2D eigenvalue weighted by Gasteiger charge is -2.04. The van der Waals surface area contributed by atoms with Crippen molar-refractivity contribution >= 4 is 0 Å². The van der Waals surface area contributed by atoms with Gasteiger partial charge in [-0.05, 0) is 58.4 Å². The van der Waals surface area contributed by atoms with Gasteiger partial charge in [-0.2, -0.15) is 0 Å². The zero-order valence-corrected chi connectivity index (χ0v) is 9.52. The van der Waals surface area contributed by atoms with E-state index in [1.807, 2.05) is 0 Å². The zero-order valence-electron chi connectivity index (χ0n) is 9.52. The Hall–Kier alpha value is -0.200. The monoisotopic (exact) mass is 215 g/mol. The summed E-state index contributed by atoms with van der Waals surface area (Å²) in [5.41, 5.74) is 11.5. The molecule has 15 heavy (non-hydrogen) atoms. The maximum atomic E-state index is 5.39. The van der Waals surface area contributed by atoms with Crippen LogP contribution in [0.1, 0.15) is 25.7 Å². The smallest absolute Gasteiger partial charge is 0.0845 e. The minimum Gasteiger partial charge on any atom is -0.330 e. The van der Waals surface area contributed by atoms with E-state index >= 15 is 0 Å². The Balaban J connectivity index is 1.62. The fourth-order valence-electron chi connectivity index (χ4n) is 1.43. The van der Waals surface area contributed by atoms with Gasteiger partial charge in [0, 0.05) is 0 Å². The molecule has 0 spiro atoms. The third-order valence-corrected chi connectivity index (χ3v) is 2.47. The quantitative estimate of drug-likeness (QED) is 0.228. The Morgan fingerprint density at radius 2 is 1.47 bits per heavy atom. The highest BCUT2D eigenvalue weighted by atomic mass is 15.6. The van der Waals surface area contributed by atoms with Crippen molar-refractivity contribution in [3.05, 3.63) is 0 Å². The highest BCUT2D eigenvalue weighted by Gasteiger charge is 2.16. The van der Waals surface area contributed by atoms with E-state index < -0.39 is 0 Å². The molecule has 0 aromatic carbocycles. The molecule has 6 N–H and O–H groups in total. The molecule has 0 saturated carbocycles. The number of hydrogen-bond donors (Lipinski definition) is 5. The first-order chi connectivity index (χ1) is 7.43. The van der Waals surface area contributed by atoms with Crippen LogP contribution < -0.4 is 27.2 Å². The molecule has 1 rings (SSSR count). The number of hydrogen-bond acceptors (Lipinski definition) is 5. The first-order valence-electron chi connectivity index (χ1n) is 6.06. The van der Waals surface area contributed by atoms with E-state index in [9.17, 15) is 0 Å². The van der Waals surface area contributed by atoms with Crippen molar-refractivity contribution in [2.45, 2.75) is 31.8 Å². The standard InChI is InChI=1S/C10H25N5/c11-5-3-8-12-6-1-2-7-13-9-4-10-14-15-10/h10,12-15H,1-9,11H2. The number of rotatable bonds is 11. The third kappa shape index (κ3) is 8.77. The number of unbranched alkanes of at least 4 members (excludes halogenated alkanes) is 1. The molecule has 1 saturated heterocycles. The molecule has 0 aromatic heterocycles. The molecule has 0 atom stereocenters. The van der Waals surface area contributed by atoms with Gasteiger partial charge in [0.15, 0.2) is 0 Å². The molecular formula is C10H25N5. The molecule has 0 radical (unpaired) electrons. The van der Waals surface area contributed by atoms with Gasteiger partial charge in [-0.15, -0.1) is 0 Å². The first kappa shape index (κ1) is 12.9. The molecule has 1 heterocycles. The van der Waals surface area contributed by atoms with Crippen LogP contribution in [-0.2, 0) is 0 Å². The van der Waals surface area contributed by atoms with Crippen LogP contribution >= 0.6 is 0 Å². The van der Waals surface area contributed by atoms with Crippen LogP contribution in [0.15, 0.2) is 0 Å². The summed E-state index contributed by atoms with van der Waals surface area (Å²) in [5, 5.41) is 6.81. The zero-order chi connectivity index (χ0) is 10.8. The van der Waals surface area contributed by atoms with Crippen molar-refractivity contribution in [2.75, 3.05) is 32.7 Å². The lowest BCUT2D eigenvalue weighted by molar-refractivity contribution is 0.566. The van der Waals surface area contributed by atoms with Gasteiger partial charge in [0.05, 0.1) is 6.17 Å². The van der Waals surface area contributed by atoms with Crippen molar-refractivity contribution in [2.24, 2.45) is 5.73 Å². The Labute approximate surface area is 92.5 Å². The van der Waals surface area contributed by atoms with Gasteiger partial charge in [0.2, 0.25) is 0 Å². The van der Waals surface area contributed by atoms with Gasteiger partial charge in [0.1, 0.15) is 0 Å². The fourth-order valence-corrected chi connectivity index (χ4v) is 1.43. The molecule has 0 unspecified atom stereocenters. The van der Waals surface area contributed by atoms with Crippen molar-refractivity contribution < 1.29 is 0 Å². The topological polar surface area (TPSA) is 94.0 Å². The van der Waals surface area contributed by atoms with Crippen LogP contribution in [0.25, 0.3) is 0 Å². The molecule has 0 aromatic rings. The minimum atomic E-state index is 0.565. The summed E-state index contributed by atoms with van der Waals surface area (Å²) < 4.78 is 0. The molecule has 0 aliphatic carbocycles. The Morgan fingerprint density at radius 1 is 0.867 bits per heavy atom. The van der Waals surface area contributed by atoms with Gasteiger partial charge in [0.25, 0.3) is 0 Å². The van der Waals surface area contributed by atoms with Crippen LogP contribution in [0.2, 0.25) is 0 Å². The second-order valence-electron chi connectivity index (χ2n) is 3.98. The van der Waals surface area contributed by atoms with Gasteiger partial charge in [-0.25, -0.2) is 10.9 Å². The summed E-state index contributed by atoms with van der Waals surface area (Å²) in [6, 6.07) is 0. The first-order valence-corrected chi connectivity index (χ1v) is 6.06. The van der Waals surface area contributed by atoms with E-state index in [-0.39, 0.29) is 0 Å². The number of hydrazine groups is 1. The maximum Gasteiger partial charge on any atom is 0.0845 e. The van der Waals surface area contributed by atoms with Crippen LogP contribution in [0.5, 0.6) is 0 Å². The van der Waals surface area contributed by atoms with Gasteiger partial charge in [-0.3, -0.25) is 0 Å². The second kappa shape index (κ2) is 9.06. The molecule has 1 fully saturated rings. The molecule has 0 amide bonds. The largest absolute Gasteiger partial charge is 0.330 e. The van der Waals surface area contributed by atoms with Crippen LogP contribution in [0, 0.1) is 0 Å². The third-order valence-electron chi connectivity index (χ3n) is 2.47. The summed E-state index contributed by atoms with van der Waals surface area (Å²) in [5.74, 6) is 0. The highest BCUT2D eigenvalue weighted by molar-refractivity contribution is 4.71. The molecular weight excluding hydrogens is 190 g/mol. The molecule has 5 nitrogen and oxygen atoms in total. The predicted molar refractivity (Wildman–Crippen MR) is 63.3 cm³/mol. The summed E-state index contributed by atoms with van der Waals surface area (Å²) >= 11 is 0. The molecule has 0 bridgehead atoms. The fraction of sp³-hybridized carbons (Fsp3) is 1.00. The van der Waals surface area contributed by atoms with E-state index in [1.54, 1.807) is 0 Å². The lowest BCUT2D eigenvalue weighted by atomic mass is 10.3. The summed E-state index contributed by atoms with van der Waals surface area (Å²) in [4.78, 5) is 0. The molecule has 1 aliphatic heterocycles. The van der Waals surface area contributed by atoms with Crippen LogP contribution in [0.3, 0.4) is 0 Å². The lowest BCUT2D eigenvalue weighted by Crippen LogP contribution is -2.22. The van der Waals surface area contributed by atoms with Crippen molar-refractivity contribution in [1.29, 1.82) is 0 Å². The average Bonchev–Trinajstić information content (AvgIpc) is 3.05. The summed E-state index contributed by atoms with van der Waals surface area (Å²) in [6.07, 6.45) is 5.32. The average molecular weight is 215 g/mol. The number of nitrogens with two attached hydrogens (primary N) is 1. The second-order valence-corrected chi connectivity index (χ2v) is 3.98. The maximum absolute atomic E-state index is 5.39. The Bertz CT molecular complexity index is 138. The normalized spacial score (nSPS) is 15.8. The minimum absolute atomic E-state index is 0.565. The number of nitrogens with one attached hydrogen (secondary N) is 4. The van der Waals surface area contributed by atoms with Gasteiger partial charge < -0.3 is 16.4 Å². The van der Waals surface area contributed by atoms with Crippen LogP contribution in [-0.4, -0.2) is 38.9 Å².